The highest BCUT2D eigenvalue weighted by molar-refractivity contribution is 6.27. The lowest BCUT2D eigenvalue weighted by Gasteiger charge is -2.36. The molecule has 0 aliphatic heterocycles. The molecule has 246 valence electrons. The molecule has 2 aliphatic carbocycles. The molecule has 1 saturated carbocycles. The molecule has 1 fully saturated rings. The number of nitrogens with zero attached hydrogens (tertiary/aromatic N) is 3. The normalized spacial score (nSPS) is 15.1. The first kappa shape index (κ1) is 28.4. The summed E-state index contributed by atoms with van der Waals surface area (Å²) in [4.78, 5) is 11.1. The Morgan fingerprint density at radius 1 is 0.596 bits per heavy atom. The van der Waals surface area contributed by atoms with Gasteiger partial charge in [-0.15, -0.1) is 0 Å². The highest BCUT2D eigenvalue weighted by atomic mass is 16.3. The van der Waals surface area contributed by atoms with Crippen LogP contribution in [-0.4, -0.2) is 14.5 Å². The third-order valence-electron chi connectivity index (χ3n) is 12.2. The molecule has 0 unspecified atom stereocenters. The zero-order valence-corrected chi connectivity index (χ0v) is 28.6. The van der Waals surface area contributed by atoms with Crippen LogP contribution in [-0.2, 0) is 5.41 Å². The van der Waals surface area contributed by atoms with Gasteiger partial charge in [0, 0.05) is 27.1 Å². The molecule has 0 atom stereocenters. The largest absolute Gasteiger partial charge is 0.452 e. The first-order valence-electron chi connectivity index (χ1n) is 18.6. The summed E-state index contributed by atoms with van der Waals surface area (Å²) in [5.74, 6) is 0.674. The van der Waals surface area contributed by atoms with Gasteiger partial charge in [-0.2, -0.15) is 0 Å². The third-order valence-corrected chi connectivity index (χ3v) is 12.2. The van der Waals surface area contributed by atoms with E-state index in [-0.39, 0.29) is 5.41 Å². The average Bonchev–Trinajstić information content (AvgIpc) is 3.84. The molecule has 3 heterocycles. The Bertz CT molecular complexity index is 3120. The Balaban J connectivity index is 1.29. The molecule has 4 heteroatoms. The Hall–Kier alpha value is -6.26. The number of furan rings is 1. The van der Waals surface area contributed by atoms with Crippen LogP contribution in [0.4, 0.5) is 0 Å². The average molecular weight is 668 g/mol. The standard InChI is InChI=1S/C48H33N3O/c1-12-26-48(27-13-1)37-21-9-6-18-34(37)40-32-16-4-5-17-33(32)41-35-19-7-10-22-38(35)51(45(41)42(40)48)47-49-43(31-25-24-29-14-2-3-15-30(29)28-31)46-44(50-47)36-20-8-11-23-39(36)52-46/h2-11,14-25,28H,1,12-13,26-27H2. The van der Waals surface area contributed by atoms with Crippen molar-refractivity contribution in [3.05, 3.63) is 151 Å². The number of aromatic nitrogens is 3. The second-order valence-corrected chi connectivity index (χ2v) is 14.8. The lowest BCUT2D eigenvalue weighted by Crippen LogP contribution is -2.28. The lowest BCUT2D eigenvalue weighted by molar-refractivity contribution is 0.354. The van der Waals surface area contributed by atoms with Crippen LogP contribution < -0.4 is 0 Å². The molecule has 0 saturated heterocycles. The lowest BCUT2D eigenvalue weighted by atomic mass is 9.67. The van der Waals surface area contributed by atoms with Gasteiger partial charge in [0.2, 0.25) is 5.95 Å². The maximum atomic E-state index is 6.63. The van der Waals surface area contributed by atoms with Crippen molar-refractivity contribution >= 4 is 65.4 Å². The third kappa shape index (κ3) is 3.66. The van der Waals surface area contributed by atoms with Crippen molar-refractivity contribution in [3.8, 4) is 28.3 Å². The quantitative estimate of drug-likeness (QED) is 0.184. The fourth-order valence-corrected chi connectivity index (χ4v) is 10.0. The molecular formula is C48H33N3O. The summed E-state index contributed by atoms with van der Waals surface area (Å²) in [6, 6.07) is 50.5. The van der Waals surface area contributed by atoms with Gasteiger partial charge in [0.25, 0.3) is 0 Å². The van der Waals surface area contributed by atoms with Crippen molar-refractivity contribution in [1.29, 1.82) is 0 Å². The molecule has 10 aromatic rings. The van der Waals surface area contributed by atoms with E-state index in [4.69, 9.17) is 14.4 Å². The topological polar surface area (TPSA) is 43.9 Å². The van der Waals surface area contributed by atoms with Gasteiger partial charge in [0.15, 0.2) is 5.58 Å². The number of rotatable bonds is 2. The maximum absolute atomic E-state index is 6.63. The SMILES string of the molecule is c1ccc2c(c1)-c1c(c3c(c4ccccc14)c1ccccc1n3-c1nc(-c3ccc4ccccc4c3)c3oc4ccccc4c3n1)C21CCCCC1. The Morgan fingerprint density at radius 3 is 2.19 bits per heavy atom. The Morgan fingerprint density at radius 2 is 1.31 bits per heavy atom. The summed E-state index contributed by atoms with van der Waals surface area (Å²) >= 11 is 0. The smallest absolute Gasteiger partial charge is 0.236 e. The molecule has 0 amide bonds. The van der Waals surface area contributed by atoms with Crippen molar-refractivity contribution in [1.82, 2.24) is 14.5 Å². The van der Waals surface area contributed by atoms with Crippen LogP contribution >= 0.6 is 0 Å². The van der Waals surface area contributed by atoms with E-state index < -0.39 is 0 Å². The van der Waals surface area contributed by atoms with Crippen molar-refractivity contribution in [2.45, 2.75) is 37.5 Å². The van der Waals surface area contributed by atoms with Gasteiger partial charge < -0.3 is 4.42 Å². The van der Waals surface area contributed by atoms with E-state index >= 15 is 0 Å². The molecule has 3 aromatic heterocycles. The summed E-state index contributed by atoms with van der Waals surface area (Å²) < 4.78 is 9.03. The molecule has 0 N–H and O–H groups in total. The van der Waals surface area contributed by atoms with Crippen LogP contribution in [0.2, 0.25) is 0 Å². The van der Waals surface area contributed by atoms with Crippen LogP contribution in [0.1, 0.15) is 43.2 Å². The Kier molecular flexibility index (Phi) is 5.69. The van der Waals surface area contributed by atoms with Crippen molar-refractivity contribution in [2.24, 2.45) is 0 Å². The van der Waals surface area contributed by atoms with Crippen LogP contribution in [0.3, 0.4) is 0 Å². The van der Waals surface area contributed by atoms with Crippen molar-refractivity contribution in [2.75, 3.05) is 0 Å². The number of benzene rings is 7. The van der Waals surface area contributed by atoms with Gasteiger partial charge in [-0.25, -0.2) is 9.97 Å². The van der Waals surface area contributed by atoms with Gasteiger partial charge in [-0.05, 0) is 80.9 Å². The molecule has 0 bridgehead atoms. The summed E-state index contributed by atoms with van der Waals surface area (Å²) in [6.45, 7) is 0. The molecule has 2 aliphatic rings. The van der Waals surface area contributed by atoms with Crippen LogP contribution in [0, 0.1) is 0 Å². The molecule has 0 radical (unpaired) electrons. The molecule has 7 aromatic carbocycles. The Labute approximate surface area is 300 Å². The molecule has 52 heavy (non-hydrogen) atoms. The maximum Gasteiger partial charge on any atom is 0.236 e. The predicted molar refractivity (Wildman–Crippen MR) is 213 cm³/mol. The van der Waals surface area contributed by atoms with Gasteiger partial charge in [-0.1, -0.05) is 135 Å². The summed E-state index contributed by atoms with van der Waals surface area (Å²) in [7, 11) is 0. The number of para-hydroxylation sites is 2. The van der Waals surface area contributed by atoms with E-state index in [2.05, 4.69) is 132 Å². The van der Waals surface area contributed by atoms with Gasteiger partial charge in [-0.3, -0.25) is 4.57 Å². The van der Waals surface area contributed by atoms with Gasteiger partial charge in [0.05, 0.1) is 11.0 Å². The zero-order chi connectivity index (χ0) is 34.0. The minimum Gasteiger partial charge on any atom is -0.452 e. The minimum absolute atomic E-state index is 0.0772. The first-order chi connectivity index (χ1) is 25.8. The van der Waals surface area contributed by atoms with E-state index in [1.165, 1.54) is 79.4 Å². The van der Waals surface area contributed by atoms with Crippen molar-refractivity contribution < 1.29 is 4.42 Å². The molecule has 1 spiro atoms. The van der Waals surface area contributed by atoms with E-state index in [9.17, 15) is 0 Å². The van der Waals surface area contributed by atoms with E-state index in [0.717, 1.165) is 46.1 Å². The summed E-state index contributed by atoms with van der Waals surface area (Å²) in [5, 5.41) is 8.49. The van der Waals surface area contributed by atoms with E-state index in [1.807, 2.05) is 12.1 Å². The van der Waals surface area contributed by atoms with Gasteiger partial charge in [0.1, 0.15) is 16.8 Å². The first-order valence-corrected chi connectivity index (χ1v) is 18.6. The van der Waals surface area contributed by atoms with E-state index in [1.54, 1.807) is 0 Å². The van der Waals surface area contributed by atoms with E-state index in [0.29, 0.717) is 11.5 Å². The zero-order valence-electron chi connectivity index (χ0n) is 28.6. The fraction of sp³-hybridized carbons (Fsp3) is 0.125. The van der Waals surface area contributed by atoms with Crippen LogP contribution in [0.25, 0.3) is 93.8 Å². The minimum atomic E-state index is -0.0772. The number of hydrogen-bond acceptors (Lipinski definition) is 3. The predicted octanol–water partition coefficient (Wildman–Crippen LogP) is 12.7. The number of hydrogen-bond donors (Lipinski definition) is 0. The molecular weight excluding hydrogens is 635 g/mol. The summed E-state index contributed by atoms with van der Waals surface area (Å²) in [6.07, 6.45) is 6.00. The second kappa shape index (κ2) is 10.4. The van der Waals surface area contributed by atoms with Gasteiger partial charge >= 0.3 is 0 Å². The highest BCUT2D eigenvalue weighted by Gasteiger charge is 2.47. The monoisotopic (exact) mass is 667 g/mol. The number of fused-ring (bicyclic) bond motifs is 16. The molecule has 4 nitrogen and oxygen atoms in total. The van der Waals surface area contributed by atoms with Crippen molar-refractivity contribution in [3.63, 3.8) is 0 Å². The second-order valence-electron chi connectivity index (χ2n) is 14.8. The van der Waals surface area contributed by atoms with Crippen LogP contribution in [0.15, 0.2) is 144 Å². The van der Waals surface area contributed by atoms with Crippen LogP contribution in [0.5, 0.6) is 0 Å². The summed E-state index contributed by atoms with van der Waals surface area (Å²) in [5.41, 5.74) is 12.2. The fourth-order valence-electron chi connectivity index (χ4n) is 10.0. The highest BCUT2D eigenvalue weighted by Crippen LogP contribution is 2.60. The molecule has 12 rings (SSSR count).